The van der Waals surface area contributed by atoms with E-state index >= 15 is 0 Å². The van der Waals surface area contributed by atoms with Gasteiger partial charge in [-0.2, -0.15) is 0 Å². The van der Waals surface area contributed by atoms with E-state index in [1.165, 1.54) is 11.4 Å². The maximum absolute atomic E-state index is 12.8. The van der Waals surface area contributed by atoms with Crippen molar-refractivity contribution in [2.24, 2.45) is 5.92 Å². The summed E-state index contributed by atoms with van der Waals surface area (Å²) in [5, 5.41) is 14.9. The highest BCUT2D eigenvalue weighted by atomic mass is 32.1. The van der Waals surface area contributed by atoms with Gasteiger partial charge in [0, 0.05) is 17.0 Å². The Hall–Kier alpha value is -2.49. The molecule has 1 N–H and O–H groups in total. The third kappa shape index (κ3) is 3.28. The van der Waals surface area contributed by atoms with Gasteiger partial charge in [-0.05, 0) is 18.8 Å². The van der Waals surface area contributed by atoms with Crippen LogP contribution in [0.2, 0.25) is 0 Å². The van der Waals surface area contributed by atoms with E-state index < -0.39 is 29.0 Å². The molecule has 9 nitrogen and oxygen atoms in total. The molecule has 2 heterocycles. The molecule has 0 radical (unpaired) electrons. The molecule has 10 heteroatoms. The van der Waals surface area contributed by atoms with Crippen molar-refractivity contribution < 1.29 is 24.0 Å². The Balaban J connectivity index is 1.59. The Morgan fingerprint density at radius 3 is 2.92 bits per heavy atom. The van der Waals surface area contributed by atoms with E-state index in [9.17, 15) is 24.5 Å². The molecule has 2 fully saturated rings. The van der Waals surface area contributed by atoms with Gasteiger partial charge in [0.2, 0.25) is 0 Å². The highest BCUT2D eigenvalue weighted by Crippen LogP contribution is 2.38. The van der Waals surface area contributed by atoms with Crippen LogP contribution in [-0.4, -0.2) is 39.8 Å². The average Bonchev–Trinajstić information content (AvgIpc) is 3.16. The molecule has 1 saturated heterocycles. The van der Waals surface area contributed by atoms with E-state index in [4.69, 9.17) is 4.74 Å². The second kappa shape index (κ2) is 7.02. The Labute approximate surface area is 153 Å². The number of hydrogen-bond acceptors (Lipinski definition) is 7. The summed E-state index contributed by atoms with van der Waals surface area (Å²) in [7, 11) is 0. The smallest absolute Gasteiger partial charge is 0.326 e. The number of nitro groups is 1. The Morgan fingerprint density at radius 2 is 2.27 bits per heavy atom. The molecule has 26 heavy (non-hydrogen) atoms. The number of esters is 1. The van der Waals surface area contributed by atoms with Gasteiger partial charge in [-0.3, -0.25) is 24.6 Å². The second-order valence-corrected chi connectivity index (χ2v) is 7.54. The first kappa shape index (κ1) is 18.3. The Morgan fingerprint density at radius 1 is 1.50 bits per heavy atom. The van der Waals surface area contributed by atoms with Crippen molar-refractivity contribution in [2.45, 2.75) is 44.8 Å². The minimum absolute atomic E-state index is 0.0140. The molecule has 1 spiro atoms. The molecule has 1 aromatic rings. The van der Waals surface area contributed by atoms with Crippen LogP contribution < -0.4 is 5.32 Å². The van der Waals surface area contributed by atoms with Crippen molar-refractivity contribution in [1.29, 1.82) is 0 Å². The summed E-state index contributed by atoms with van der Waals surface area (Å²) in [4.78, 5) is 48.0. The quantitative estimate of drug-likeness (QED) is 0.361. The van der Waals surface area contributed by atoms with Crippen LogP contribution >= 0.6 is 11.3 Å². The van der Waals surface area contributed by atoms with Crippen LogP contribution in [-0.2, 0) is 20.9 Å². The fraction of sp³-hybridized carbons (Fsp3) is 0.562. The maximum atomic E-state index is 12.8. The number of nitrogens with one attached hydrogen (secondary N) is 1. The average molecular weight is 381 g/mol. The van der Waals surface area contributed by atoms with Crippen LogP contribution in [0.25, 0.3) is 0 Å². The van der Waals surface area contributed by atoms with Gasteiger partial charge in [0.15, 0.2) is 0 Å². The summed E-state index contributed by atoms with van der Waals surface area (Å²) in [6.45, 7) is 1.32. The first-order chi connectivity index (χ1) is 12.3. The SMILES string of the molecule is CC1CCCCC12NC(=O)N(CC(=O)OCc1csc([N+](=O)[O-])c1)C2=O. The Kier molecular flexibility index (Phi) is 4.94. The summed E-state index contributed by atoms with van der Waals surface area (Å²) < 4.78 is 5.05. The fourth-order valence-electron chi connectivity index (χ4n) is 3.51. The number of rotatable bonds is 5. The van der Waals surface area contributed by atoms with Crippen LogP contribution in [0, 0.1) is 16.0 Å². The van der Waals surface area contributed by atoms with Crippen molar-refractivity contribution in [2.75, 3.05) is 6.54 Å². The molecule has 140 valence electrons. The summed E-state index contributed by atoms with van der Waals surface area (Å²) in [5.41, 5.74) is -0.423. The van der Waals surface area contributed by atoms with E-state index in [1.54, 1.807) is 0 Å². The maximum Gasteiger partial charge on any atom is 0.326 e. The first-order valence-electron chi connectivity index (χ1n) is 8.35. The minimum Gasteiger partial charge on any atom is -0.459 e. The highest BCUT2D eigenvalue weighted by Gasteiger charge is 2.55. The number of nitrogens with zero attached hydrogens (tertiary/aromatic N) is 2. The molecule has 2 unspecified atom stereocenters. The number of carbonyl (C=O) groups excluding carboxylic acids is 3. The van der Waals surface area contributed by atoms with Crippen molar-refractivity contribution in [3.05, 3.63) is 27.1 Å². The van der Waals surface area contributed by atoms with Gasteiger partial charge in [0.1, 0.15) is 18.7 Å². The number of thiophene rings is 1. The van der Waals surface area contributed by atoms with E-state index in [1.807, 2.05) is 6.92 Å². The molecule has 0 aromatic carbocycles. The van der Waals surface area contributed by atoms with Gasteiger partial charge in [0.05, 0.1) is 4.92 Å². The van der Waals surface area contributed by atoms with Gasteiger partial charge in [-0.15, -0.1) is 0 Å². The van der Waals surface area contributed by atoms with E-state index in [0.717, 1.165) is 35.5 Å². The van der Waals surface area contributed by atoms with Crippen LogP contribution in [0.3, 0.4) is 0 Å². The van der Waals surface area contributed by atoms with Crippen LogP contribution in [0.5, 0.6) is 0 Å². The largest absolute Gasteiger partial charge is 0.459 e. The zero-order chi connectivity index (χ0) is 18.9. The van der Waals surface area contributed by atoms with Gasteiger partial charge < -0.3 is 10.1 Å². The topological polar surface area (TPSA) is 119 Å². The third-order valence-electron chi connectivity index (χ3n) is 5.01. The van der Waals surface area contributed by atoms with E-state index in [2.05, 4.69) is 5.32 Å². The fourth-order valence-corrected chi connectivity index (χ4v) is 4.23. The summed E-state index contributed by atoms with van der Waals surface area (Å²) in [5.74, 6) is -1.10. The summed E-state index contributed by atoms with van der Waals surface area (Å²) in [6, 6.07) is 0.747. The van der Waals surface area contributed by atoms with Gasteiger partial charge in [-0.1, -0.05) is 31.1 Å². The number of imide groups is 1. The molecule has 3 amide bonds. The van der Waals surface area contributed by atoms with Gasteiger partial charge >= 0.3 is 17.0 Å². The first-order valence-corrected chi connectivity index (χ1v) is 9.23. The van der Waals surface area contributed by atoms with E-state index in [-0.39, 0.29) is 23.4 Å². The van der Waals surface area contributed by atoms with E-state index in [0.29, 0.717) is 12.0 Å². The highest BCUT2D eigenvalue weighted by molar-refractivity contribution is 7.13. The van der Waals surface area contributed by atoms with Crippen LogP contribution in [0.15, 0.2) is 11.4 Å². The normalized spacial score (nSPS) is 25.4. The molecule has 1 aliphatic carbocycles. The molecule has 2 aliphatic rings. The summed E-state index contributed by atoms with van der Waals surface area (Å²) in [6.07, 6.45) is 3.29. The number of ether oxygens (including phenoxy) is 1. The molecule has 1 saturated carbocycles. The van der Waals surface area contributed by atoms with Crippen molar-refractivity contribution in [3.8, 4) is 0 Å². The second-order valence-electron chi connectivity index (χ2n) is 6.65. The third-order valence-corrected chi connectivity index (χ3v) is 5.94. The predicted octanol–water partition coefficient (Wildman–Crippen LogP) is 2.20. The predicted molar refractivity (Wildman–Crippen MR) is 91.4 cm³/mol. The molecule has 0 bridgehead atoms. The number of carbonyl (C=O) groups is 3. The molecule has 3 rings (SSSR count). The monoisotopic (exact) mass is 381 g/mol. The zero-order valence-corrected chi connectivity index (χ0v) is 15.0. The zero-order valence-electron chi connectivity index (χ0n) is 14.2. The molecule has 2 atom stereocenters. The molecule has 1 aromatic heterocycles. The molecular weight excluding hydrogens is 362 g/mol. The number of urea groups is 1. The minimum atomic E-state index is -0.913. The van der Waals surface area contributed by atoms with Crippen molar-refractivity contribution >= 4 is 34.2 Å². The number of hydrogen-bond donors (Lipinski definition) is 1. The summed E-state index contributed by atoms with van der Waals surface area (Å²) >= 11 is 0.939. The van der Waals surface area contributed by atoms with Crippen molar-refractivity contribution in [3.63, 3.8) is 0 Å². The lowest BCUT2D eigenvalue weighted by molar-refractivity contribution is -0.380. The van der Waals surface area contributed by atoms with Gasteiger partial charge in [-0.25, -0.2) is 4.79 Å². The lowest BCUT2D eigenvalue weighted by Gasteiger charge is -2.36. The lowest BCUT2D eigenvalue weighted by atomic mass is 9.73. The van der Waals surface area contributed by atoms with Crippen LogP contribution in [0.1, 0.15) is 38.2 Å². The lowest BCUT2D eigenvalue weighted by Crippen LogP contribution is -2.54. The van der Waals surface area contributed by atoms with Crippen molar-refractivity contribution in [1.82, 2.24) is 10.2 Å². The van der Waals surface area contributed by atoms with Gasteiger partial charge in [0.25, 0.3) is 5.91 Å². The molecular formula is C16H19N3O6S. The number of amides is 3. The standard InChI is InChI=1S/C16H19N3O6S/c1-10-4-2-3-5-16(10)14(21)18(15(22)17-16)7-13(20)25-8-11-6-12(19(23)24)26-9-11/h6,9-10H,2-5,7-8H2,1H3,(H,17,22). The Bertz CT molecular complexity index is 763. The molecule has 1 aliphatic heterocycles. The van der Waals surface area contributed by atoms with Crippen LogP contribution in [0.4, 0.5) is 9.80 Å².